The molecule has 0 radical (unpaired) electrons. The largest absolute Gasteiger partial charge is 0.497 e. The minimum absolute atomic E-state index is 0.734. The molecule has 0 N–H and O–H groups in total. The van der Waals surface area contributed by atoms with Gasteiger partial charge in [0.1, 0.15) is 5.75 Å². The molecule has 0 bridgehead atoms. The molecule has 2 heteroatoms. The smallest absolute Gasteiger partial charge is 0.119 e. The number of hydrogen-bond donors (Lipinski definition) is 0. The number of methoxy groups -OCH3 is 1. The van der Waals surface area contributed by atoms with Crippen LogP contribution in [0.25, 0.3) is 10.9 Å². The Labute approximate surface area is 103 Å². The van der Waals surface area contributed by atoms with Gasteiger partial charge in [0, 0.05) is 23.6 Å². The summed E-state index contributed by atoms with van der Waals surface area (Å²) in [6.45, 7) is 5.66. The zero-order valence-corrected chi connectivity index (χ0v) is 10.9. The van der Waals surface area contributed by atoms with E-state index in [0.29, 0.717) is 0 Å². The Hall–Kier alpha value is -1.44. The van der Waals surface area contributed by atoms with E-state index in [0.717, 1.165) is 18.2 Å². The summed E-state index contributed by atoms with van der Waals surface area (Å²) in [5, 5.41) is 1.26. The average Bonchev–Trinajstić information content (AvgIpc) is 2.72. The molecule has 1 atom stereocenters. The van der Waals surface area contributed by atoms with Crippen molar-refractivity contribution in [1.82, 2.24) is 4.57 Å². The molecule has 0 fully saturated rings. The van der Waals surface area contributed by atoms with Crippen molar-refractivity contribution in [3.05, 3.63) is 30.5 Å². The van der Waals surface area contributed by atoms with Crippen LogP contribution in [0.2, 0.25) is 0 Å². The van der Waals surface area contributed by atoms with Crippen molar-refractivity contribution >= 4 is 10.9 Å². The maximum absolute atomic E-state index is 5.24. The van der Waals surface area contributed by atoms with E-state index in [1.165, 1.54) is 23.7 Å². The van der Waals surface area contributed by atoms with Crippen LogP contribution in [0, 0.1) is 5.92 Å². The summed E-state index contributed by atoms with van der Waals surface area (Å²) in [5.74, 6) is 1.66. The number of ether oxygens (including phenoxy) is 1. The van der Waals surface area contributed by atoms with E-state index < -0.39 is 0 Å². The van der Waals surface area contributed by atoms with Gasteiger partial charge in [-0.05, 0) is 36.6 Å². The summed E-state index contributed by atoms with van der Waals surface area (Å²) in [6.07, 6.45) is 4.72. The van der Waals surface area contributed by atoms with Crippen LogP contribution < -0.4 is 4.74 Å². The molecule has 0 spiro atoms. The molecular weight excluding hydrogens is 210 g/mol. The van der Waals surface area contributed by atoms with Gasteiger partial charge in [0.15, 0.2) is 0 Å². The molecule has 0 saturated heterocycles. The number of aromatic nitrogens is 1. The van der Waals surface area contributed by atoms with Crippen LogP contribution in [0.1, 0.15) is 26.7 Å². The van der Waals surface area contributed by atoms with E-state index in [4.69, 9.17) is 4.74 Å². The van der Waals surface area contributed by atoms with Gasteiger partial charge in [-0.15, -0.1) is 0 Å². The van der Waals surface area contributed by atoms with E-state index in [2.05, 4.69) is 42.8 Å². The Kier molecular flexibility index (Phi) is 3.72. The number of nitrogens with zero attached hydrogens (tertiary/aromatic N) is 1. The van der Waals surface area contributed by atoms with Crippen molar-refractivity contribution in [3.8, 4) is 5.75 Å². The molecule has 0 saturated carbocycles. The Balaban J connectivity index is 2.24. The van der Waals surface area contributed by atoms with E-state index in [9.17, 15) is 0 Å². The minimum Gasteiger partial charge on any atom is -0.497 e. The zero-order chi connectivity index (χ0) is 12.3. The van der Waals surface area contributed by atoms with Gasteiger partial charge in [-0.25, -0.2) is 0 Å². The standard InChI is InChI=1S/C15H21NO/c1-4-5-12(2)11-16-9-8-13-10-14(17-3)6-7-15(13)16/h6-10,12H,4-5,11H2,1-3H3. The quantitative estimate of drug-likeness (QED) is 0.756. The summed E-state index contributed by atoms with van der Waals surface area (Å²) in [4.78, 5) is 0. The highest BCUT2D eigenvalue weighted by atomic mass is 16.5. The van der Waals surface area contributed by atoms with Crippen LogP contribution in [0.5, 0.6) is 5.75 Å². The third kappa shape index (κ3) is 2.63. The van der Waals surface area contributed by atoms with Gasteiger partial charge in [0.2, 0.25) is 0 Å². The Morgan fingerprint density at radius 2 is 2.12 bits per heavy atom. The Morgan fingerprint density at radius 1 is 1.29 bits per heavy atom. The molecule has 1 unspecified atom stereocenters. The molecule has 2 rings (SSSR count). The molecule has 0 aliphatic heterocycles. The third-order valence-corrected chi connectivity index (χ3v) is 3.27. The molecule has 0 aliphatic carbocycles. The maximum Gasteiger partial charge on any atom is 0.119 e. The highest BCUT2D eigenvalue weighted by molar-refractivity contribution is 5.81. The number of benzene rings is 1. The predicted octanol–water partition coefficient (Wildman–Crippen LogP) is 4.09. The van der Waals surface area contributed by atoms with Crippen molar-refractivity contribution in [2.24, 2.45) is 5.92 Å². The first-order valence-corrected chi connectivity index (χ1v) is 6.37. The van der Waals surface area contributed by atoms with Crippen LogP contribution in [-0.4, -0.2) is 11.7 Å². The number of hydrogen-bond acceptors (Lipinski definition) is 1. The van der Waals surface area contributed by atoms with Crippen LogP contribution in [0.3, 0.4) is 0 Å². The first-order chi connectivity index (χ1) is 8.24. The summed E-state index contributed by atoms with van der Waals surface area (Å²) >= 11 is 0. The molecule has 0 aliphatic rings. The van der Waals surface area contributed by atoms with Crippen molar-refractivity contribution in [1.29, 1.82) is 0 Å². The molecule has 1 aromatic heterocycles. The van der Waals surface area contributed by atoms with Crippen molar-refractivity contribution in [2.75, 3.05) is 7.11 Å². The fourth-order valence-corrected chi connectivity index (χ4v) is 2.38. The second-order valence-corrected chi connectivity index (χ2v) is 4.79. The summed E-state index contributed by atoms with van der Waals surface area (Å²) in [7, 11) is 1.71. The normalized spacial score (nSPS) is 12.9. The maximum atomic E-state index is 5.24. The summed E-state index contributed by atoms with van der Waals surface area (Å²) in [5.41, 5.74) is 1.30. The van der Waals surface area contributed by atoms with E-state index in [1.54, 1.807) is 7.11 Å². The van der Waals surface area contributed by atoms with Gasteiger partial charge in [-0.1, -0.05) is 20.3 Å². The van der Waals surface area contributed by atoms with Gasteiger partial charge >= 0.3 is 0 Å². The molecular formula is C15H21NO. The first-order valence-electron chi connectivity index (χ1n) is 6.37. The van der Waals surface area contributed by atoms with Crippen LogP contribution >= 0.6 is 0 Å². The first kappa shape index (κ1) is 12.0. The minimum atomic E-state index is 0.734. The molecule has 17 heavy (non-hydrogen) atoms. The molecule has 92 valence electrons. The Bertz CT molecular complexity index is 487. The van der Waals surface area contributed by atoms with E-state index in [1.807, 2.05) is 6.07 Å². The number of fused-ring (bicyclic) bond motifs is 1. The van der Waals surface area contributed by atoms with Gasteiger partial charge in [-0.2, -0.15) is 0 Å². The topological polar surface area (TPSA) is 14.2 Å². The fourth-order valence-electron chi connectivity index (χ4n) is 2.38. The van der Waals surface area contributed by atoms with Gasteiger partial charge < -0.3 is 9.30 Å². The average molecular weight is 231 g/mol. The van der Waals surface area contributed by atoms with Crippen molar-refractivity contribution < 1.29 is 4.74 Å². The van der Waals surface area contributed by atoms with Crippen molar-refractivity contribution in [2.45, 2.75) is 33.2 Å². The van der Waals surface area contributed by atoms with Gasteiger partial charge in [0.05, 0.1) is 7.11 Å². The predicted molar refractivity (Wildman–Crippen MR) is 72.6 cm³/mol. The zero-order valence-electron chi connectivity index (χ0n) is 10.9. The lowest BCUT2D eigenvalue weighted by Crippen LogP contribution is -2.05. The van der Waals surface area contributed by atoms with Crippen LogP contribution in [0.15, 0.2) is 30.5 Å². The van der Waals surface area contributed by atoms with Crippen molar-refractivity contribution in [3.63, 3.8) is 0 Å². The Morgan fingerprint density at radius 3 is 2.82 bits per heavy atom. The highest BCUT2D eigenvalue weighted by Gasteiger charge is 2.06. The second-order valence-electron chi connectivity index (χ2n) is 4.79. The molecule has 1 heterocycles. The van der Waals surface area contributed by atoms with E-state index >= 15 is 0 Å². The molecule has 1 aromatic carbocycles. The van der Waals surface area contributed by atoms with Gasteiger partial charge in [0.25, 0.3) is 0 Å². The third-order valence-electron chi connectivity index (χ3n) is 3.27. The monoisotopic (exact) mass is 231 g/mol. The lowest BCUT2D eigenvalue weighted by Gasteiger charge is -2.12. The van der Waals surface area contributed by atoms with Crippen LogP contribution in [0.4, 0.5) is 0 Å². The summed E-state index contributed by atoms with van der Waals surface area (Å²) in [6, 6.07) is 8.43. The van der Waals surface area contributed by atoms with Crippen LogP contribution in [-0.2, 0) is 6.54 Å². The molecule has 2 aromatic rings. The van der Waals surface area contributed by atoms with E-state index in [-0.39, 0.29) is 0 Å². The lowest BCUT2D eigenvalue weighted by molar-refractivity contribution is 0.415. The fraction of sp³-hybridized carbons (Fsp3) is 0.467. The highest BCUT2D eigenvalue weighted by Crippen LogP contribution is 2.23. The number of rotatable bonds is 5. The molecule has 2 nitrogen and oxygen atoms in total. The van der Waals surface area contributed by atoms with Gasteiger partial charge in [-0.3, -0.25) is 0 Å². The second kappa shape index (κ2) is 5.26. The molecule has 0 amide bonds. The SMILES string of the molecule is CCCC(C)Cn1ccc2cc(OC)ccc21. The lowest BCUT2D eigenvalue weighted by atomic mass is 10.1. The summed E-state index contributed by atoms with van der Waals surface area (Å²) < 4.78 is 7.58.